The molecule has 0 fully saturated rings. The van der Waals surface area contributed by atoms with Crippen molar-refractivity contribution in [2.45, 2.75) is 125 Å². The quantitative estimate of drug-likeness (QED) is 0.0897. The SMILES string of the molecule is CCC(C)C(=O)Nc1cc(C)ccc1N1N=C(c2cccc(OC(=O)C(CC)Oc3ccc(C(C)(C)CC)cc3C(C)(C)CC)c2)C(Oc2ccc(C)cc2)C1=O. The lowest BCUT2D eigenvalue weighted by Crippen LogP contribution is -2.37. The molecule has 0 aromatic heterocycles. The second kappa shape index (κ2) is 17.8. The number of anilines is 2. The summed E-state index contributed by atoms with van der Waals surface area (Å²) >= 11 is 0. The zero-order chi connectivity index (χ0) is 41.7. The molecule has 0 radical (unpaired) electrons. The summed E-state index contributed by atoms with van der Waals surface area (Å²) in [4.78, 5) is 41.2. The normalized spacial score (nSPS) is 15.5. The molecule has 3 unspecified atom stereocenters. The number of nitrogens with zero attached hydrogens (tertiary/aromatic N) is 2. The van der Waals surface area contributed by atoms with Crippen LogP contribution in [0.3, 0.4) is 0 Å². The van der Waals surface area contributed by atoms with Crippen LogP contribution in [-0.4, -0.2) is 35.7 Å². The van der Waals surface area contributed by atoms with Gasteiger partial charge in [-0.2, -0.15) is 10.1 Å². The first-order chi connectivity index (χ1) is 27.0. The van der Waals surface area contributed by atoms with Crippen molar-refractivity contribution in [2.24, 2.45) is 11.0 Å². The summed E-state index contributed by atoms with van der Waals surface area (Å²) in [5.74, 6) is 0.0807. The molecule has 9 nitrogen and oxygen atoms in total. The number of hydrazone groups is 1. The number of rotatable bonds is 16. The number of aryl methyl sites for hydroxylation is 2. The fourth-order valence-electron chi connectivity index (χ4n) is 6.38. The number of amides is 2. The molecule has 1 aliphatic heterocycles. The van der Waals surface area contributed by atoms with Crippen LogP contribution in [0, 0.1) is 19.8 Å². The molecule has 9 heteroatoms. The van der Waals surface area contributed by atoms with Gasteiger partial charge in [0.1, 0.15) is 23.0 Å². The van der Waals surface area contributed by atoms with Crippen LogP contribution in [0.25, 0.3) is 0 Å². The molecule has 3 atom stereocenters. The maximum absolute atomic E-state index is 14.3. The summed E-state index contributed by atoms with van der Waals surface area (Å²) in [5, 5.41) is 9.11. The number of carbonyl (C=O) groups excluding carboxylic acids is 3. The van der Waals surface area contributed by atoms with Crippen molar-refractivity contribution in [2.75, 3.05) is 10.3 Å². The van der Waals surface area contributed by atoms with Crippen LogP contribution in [-0.2, 0) is 25.2 Å². The molecule has 2 amide bonds. The molecule has 4 aromatic rings. The number of hydrogen-bond acceptors (Lipinski definition) is 7. The Morgan fingerprint density at radius 3 is 2.14 bits per heavy atom. The zero-order valence-corrected chi connectivity index (χ0v) is 35.5. The van der Waals surface area contributed by atoms with Gasteiger partial charge < -0.3 is 19.5 Å². The van der Waals surface area contributed by atoms with Gasteiger partial charge in [-0.05, 0) is 104 Å². The predicted octanol–water partition coefficient (Wildman–Crippen LogP) is 10.6. The molecule has 0 bridgehead atoms. The van der Waals surface area contributed by atoms with Gasteiger partial charge >= 0.3 is 5.97 Å². The lowest BCUT2D eigenvalue weighted by atomic mass is 9.76. The minimum atomic E-state index is -1.13. The van der Waals surface area contributed by atoms with Crippen molar-refractivity contribution in [1.82, 2.24) is 0 Å². The summed E-state index contributed by atoms with van der Waals surface area (Å²) < 4.78 is 18.8. The Hall–Kier alpha value is -5.44. The Balaban J connectivity index is 1.47. The summed E-state index contributed by atoms with van der Waals surface area (Å²) in [6.45, 7) is 22.8. The molecule has 4 aromatic carbocycles. The number of ether oxygens (including phenoxy) is 3. The minimum absolute atomic E-state index is 0.00759. The molecule has 302 valence electrons. The van der Waals surface area contributed by atoms with Crippen LogP contribution >= 0.6 is 0 Å². The highest BCUT2D eigenvalue weighted by Crippen LogP contribution is 2.39. The fraction of sp³-hybridized carbons (Fsp3) is 0.417. The van der Waals surface area contributed by atoms with Gasteiger partial charge in [-0.3, -0.25) is 9.59 Å². The first-order valence-electron chi connectivity index (χ1n) is 20.2. The zero-order valence-electron chi connectivity index (χ0n) is 35.5. The molecule has 5 rings (SSSR count). The standard InChI is InChI=1S/C48H59N3O6/c1-12-32(7)44(52)49-38-27-31(6)21-25-39(38)51-45(53)43(55-35-23-19-30(5)20-24-35)42(50-51)33-17-16-18-36(28-33)56-46(54)40(13-2)57-41-26-22-34(47(8,9)14-3)29-37(41)48(10,11)15-4/h16-29,32,40,43H,12-15H2,1-11H3,(H,49,52). The van der Waals surface area contributed by atoms with Gasteiger partial charge in [0.15, 0.2) is 6.10 Å². The van der Waals surface area contributed by atoms with E-state index in [2.05, 4.69) is 59.0 Å². The number of benzene rings is 4. The van der Waals surface area contributed by atoms with E-state index in [0.717, 1.165) is 29.5 Å². The molecule has 0 saturated heterocycles. The van der Waals surface area contributed by atoms with Gasteiger partial charge in [-0.1, -0.05) is 110 Å². The number of esters is 1. The highest BCUT2D eigenvalue weighted by atomic mass is 16.6. The fourth-order valence-corrected chi connectivity index (χ4v) is 6.38. The summed E-state index contributed by atoms with van der Waals surface area (Å²) in [7, 11) is 0. The average Bonchev–Trinajstić information content (AvgIpc) is 3.51. The van der Waals surface area contributed by atoms with E-state index in [0.29, 0.717) is 47.0 Å². The average molecular weight is 774 g/mol. The summed E-state index contributed by atoms with van der Waals surface area (Å²) in [6.07, 6.45) is 0.938. The van der Waals surface area contributed by atoms with E-state index >= 15 is 0 Å². The Kier molecular flexibility index (Phi) is 13.3. The Bertz CT molecular complexity index is 2120. The predicted molar refractivity (Wildman–Crippen MR) is 229 cm³/mol. The molecule has 1 heterocycles. The van der Waals surface area contributed by atoms with E-state index in [1.807, 2.05) is 65.0 Å². The topological polar surface area (TPSA) is 107 Å². The summed E-state index contributed by atoms with van der Waals surface area (Å²) in [6, 6.07) is 26.1. The van der Waals surface area contributed by atoms with Crippen molar-refractivity contribution in [1.29, 1.82) is 0 Å². The third kappa shape index (κ3) is 9.75. The highest BCUT2D eigenvalue weighted by molar-refractivity contribution is 6.25. The molecule has 0 aliphatic carbocycles. The van der Waals surface area contributed by atoms with E-state index in [9.17, 15) is 14.4 Å². The highest BCUT2D eigenvalue weighted by Gasteiger charge is 2.41. The number of carbonyl (C=O) groups is 3. The van der Waals surface area contributed by atoms with Gasteiger partial charge in [0, 0.05) is 17.0 Å². The third-order valence-electron chi connectivity index (χ3n) is 11.4. The van der Waals surface area contributed by atoms with Crippen molar-refractivity contribution in [3.63, 3.8) is 0 Å². The molecule has 0 spiro atoms. The second-order valence-corrected chi connectivity index (χ2v) is 16.4. The molecular weight excluding hydrogens is 715 g/mol. The van der Waals surface area contributed by atoms with Crippen LogP contribution in [0.5, 0.6) is 17.2 Å². The van der Waals surface area contributed by atoms with Crippen molar-refractivity contribution >= 4 is 34.9 Å². The van der Waals surface area contributed by atoms with E-state index in [1.165, 1.54) is 10.6 Å². The van der Waals surface area contributed by atoms with Crippen LogP contribution in [0.1, 0.15) is 116 Å². The van der Waals surface area contributed by atoms with Crippen molar-refractivity contribution in [3.8, 4) is 17.2 Å². The van der Waals surface area contributed by atoms with Crippen LogP contribution in [0.15, 0.2) is 90.0 Å². The van der Waals surface area contributed by atoms with Crippen molar-refractivity contribution < 1.29 is 28.6 Å². The van der Waals surface area contributed by atoms with Gasteiger partial charge in [0.05, 0.1) is 11.4 Å². The molecule has 0 saturated carbocycles. The first-order valence-corrected chi connectivity index (χ1v) is 20.2. The lowest BCUT2D eigenvalue weighted by molar-refractivity contribution is -0.142. The summed E-state index contributed by atoms with van der Waals surface area (Å²) in [5.41, 5.74) is 5.78. The number of nitrogens with one attached hydrogen (secondary N) is 1. The first kappa shape index (κ1) is 42.7. The van der Waals surface area contributed by atoms with Gasteiger partial charge in [-0.25, -0.2) is 4.79 Å². The van der Waals surface area contributed by atoms with E-state index in [1.54, 1.807) is 42.5 Å². The van der Waals surface area contributed by atoms with Crippen LogP contribution < -0.4 is 24.5 Å². The van der Waals surface area contributed by atoms with E-state index < -0.39 is 24.1 Å². The molecule has 1 N–H and O–H groups in total. The molecule has 57 heavy (non-hydrogen) atoms. The van der Waals surface area contributed by atoms with Crippen LogP contribution in [0.4, 0.5) is 11.4 Å². The minimum Gasteiger partial charge on any atom is -0.478 e. The van der Waals surface area contributed by atoms with E-state index in [4.69, 9.17) is 19.3 Å². The monoisotopic (exact) mass is 773 g/mol. The van der Waals surface area contributed by atoms with Gasteiger partial charge in [-0.15, -0.1) is 0 Å². The maximum Gasteiger partial charge on any atom is 0.352 e. The lowest BCUT2D eigenvalue weighted by Gasteiger charge is -2.31. The third-order valence-corrected chi connectivity index (χ3v) is 11.4. The Morgan fingerprint density at radius 2 is 1.49 bits per heavy atom. The number of hydrogen-bond donors (Lipinski definition) is 1. The van der Waals surface area contributed by atoms with Gasteiger partial charge in [0.2, 0.25) is 12.0 Å². The van der Waals surface area contributed by atoms with Crippen LogP contribution in [0.2, 0.25) is 0 Å². The molecule has 1 aliphatic rings. The van der Waals surface area contributed by atoms with Gasteiger partial charge in [0.25, 0.3) is 5.91 Å². The Labute approximate surface area is 338 Å². The largest absolute Gasteiger partial charge is 0.478 e. The second-order valence-electron chi connectivity index (χ2n) is 16.4. The Morgan fingerprint density at radius 1 is 0.807 bits per heavy atom. The molecular formula is C48H59N3O6. The smallest absolute Gasteiger partial charge is 0.352 e. The van der Waals surface area contributed by atoms with E-state index in [-0.39, 0.29) is 28.4 Å². The maximum atomic E-state index is 14.3. The van der Waals surface area contributed by atoms with Crippen molar-refractivity contribution in [3.05, 3.63) is 113 Å².